The van der Waals surface area contributed by atoms with Crippen LogP contribution in [0.4, 0.5) is 17.6 Å². The van der Waals surface area contributed by atoms with Gasteiger partial charge >= 0.3 is 6.18 Å². The SMILES string of the molecule is NC1(c2ccnc(-c3cnn(S(=O)(=O)C4CC4)c3)n2)C=C(NC2CCC(NCCF)CC2)C(C#Cc2cnn(CC(F)(F)F)c2)=CN1. The molecule has 1 atom stereocenters. The van der Waals surface area contributed by atoms with Crippen LogP contribution < -0.4 is 21.7 Å². The van der Waals surface area contributed by atoms with E-state index in [-0.39, 0.29) is 17.9 Å². The Morgan fingerprint density at radius 2 is 1.83 bits per heavy atom. The lowest BCUT2D eigenvalue weighted by Crippen LogP contribution is -2.50. The molecular weight excluding hydrogens is 640 g/mol. The Morgan fingerprint density at radius 1 is 1.06 bits per heavy atom. The molecule has 0 aromatic carbocycles. The van der Waals surface area contributed by atoms with Crippen molar-refractivity contribution in [2.45, 2.75) is 74.2 Å². The number of nitrogens with two attached hydrogens (primary N) is 1. The summed E-state index contributed by atoms with van der Waals surface area (Å²) in [4.78, 5) is 8.95. The number of aromatic nitrogens is 6. The van der Waals surface area contributed by atoms with Crippen LogP contribution in [0.3, 0.4) is 0 Å². The topological polar surface area (TPSA) is 158 Å². The molecule has 2 fully saturated rings. The van der Waals surface area contributed by atoms with Gasteiger partial charge in [-0.1, -0.05) is 11.8 Å². The predicted octanol–water partition coefficient (Wildman–Crippen LogP) is 2.43. The van der Waals surface area contributed by atoms with E-state index in [9.17, 15) is 26.0 Å². The molecule has 2 aliphatic carbocycles. The lowest BCUT2D eigenvalue weighted by atomic mass is 9.90. The lowest BCUT2D eigenvalue weighted by Gasteiger charge is -2.35. The predicted molar refractivity (Wildman–Crippen MR) is 164 cm³/mol. The van der Waals surface area contributed by atoms with E-state index in [1.165, 1.54) is 31.0 Å². The third kappa shape index (κ3) is 7.83. The van der Waals surface area contributed by atoms with Crippen LogP contribution >= 0.6 is 0 Å². The maximum atomic E-state index is 12.8. The fourth-order valence-corrected chi connectivity index (χ4v) is 7.03. The Kier molecular flexibility index (Phi) is 9.09. The van der Waals surface area contributed by atoms with E-state index in [0.29, 0.717) is 47.5 Å². The van der Waals surface area contributed by atoms with Gasteiger partial charge in [-0.25, -0.2) is 22.8 Å². The summed E-state index contributed by atoms with van der Waals surface area (Å²) in [5.74, 6) is 6.14. The first-order valence-electron chi connectivity index (χ1n) is 15.2. The quantitative estimate of drug-likeness (QED) is 0.186. The Balaban J connectivity index is 1.25. The third-order valence-corrected chi connectivity index (χ3v) is 10.2. The molecule has 1 unspecified atom stereocenters. The molecule has 3 aliphatic rings. The monoisotopic (exact) mass is 674 g/mol. The molecule has 2 saturated carbocycles. The summed E-state index contributed by atoms with van der Waals surface area (Å²) in [6.45, 7) is -1.33. The zero-order valence-corrected chi connectivity index (χ0v) is 26.0. The minimum absolute atomic E-state index is 0.0620. The number of nitrogens with one attached hydrogen (secondary N) is 3. The highest BCUT2D eigenvalue weighted by Gasteiger charge is 2.38. The van der Waals surface area contributed by atoms with Crippen LogP contribution in [0.5, 0.6) is 0 Å². The zero-order chi connectivity index (χ0) is 33.2. The second-order valence-electron chi connectivity index (χ2n) is 11.9. The summed E-state index contributed by atoms with van der Waals surface area (Å²) in [5.41, 5.74) is 7.75. The van der Waals surface area contributed by atoms with E-state index in [0.717, 1.165) is 34.5 Å². The number of halogens is 4. The maximum Gasteiger partial charge on any atom is 0.408 e. The molecule has 0 saturated heterocycles. The molecule has 4 heterocycles. The Labute approximate surface area is 269 Å². The van der Waals surface area contributed by atoms with Gasteiger partial charge in [0.15, 0.2) is 11.5 Å². The van der Waals surface area contributed by atoms with Crippen LogP contribution in [0.2, 0.25) is 0 Å². The minimum Gasteiger partial charge on any atom is -0.381 e. The average Bonchev–Trinajstić information content (AvgIpc) is 3.63. The van der Waals surface area contributed by atoms with Crippen molar-refractivity contribution in [3.63, 3.8) is 0 Å². The van der Waals surface area contributed by atoms with Gasteiger partial charge in [-0.15, -0.1) is 0 Å². The molecule has 5 N–H and O–H groups in total. The molecule has 0 amide bonds. The van der Waals surface area contributed by atoms with Crippen molar-refractivity contribution in [3.8, 4) is 23.2 Å². The number of allylic oxidation sites excluding steroid dienone is 1. The van der Waals surface area contributed by atoms with Crippen molar-refractivity contribution in [3.05, 3.63) is 71.9 Å². The normalized spacial score (nSPS) is 23.3. The van der Waals surface area contributed by atoms with Crippen molar-refractivity contribution in [2.24, 2.45) is 5.73 Å². The van der Waals surface area contributed by atoms with Crippen LogP contribution in [0.25, 0.3) is 11.4 Å². The van der Waals surface area contributed by atoms with Gasteiger partial charge in [0.25, 0.3) is 10.0 Å². The van der Waals surface area contributed by atoms with Crippen molar-refractivity contribution in [2.75, 3.05) is 13.2 Å². The molecule has 0 spiro atoms. The van der Waals surface area contributed by atoms with E-state index >= 15 is 0 Å². The van der Waals surface area contributed by atoms with Crippen molar-refractivity contribution >= 4 is 10.0 Å². The van der Waals surface area contributed by atoms with E-state index < -0.39 is 40.3 Å². The summed E-state index contributed by atoms with van der Waals surface area (Å²) in [6, 6.07) is 1.93. The lowest BCUT2D eigenvalue weighted by molar-refractivity contribution is -0.142. The number of rotatable bonds is 10. The molecular formula is C30H34F4N10O2S. The highest BCUT2D eigenvalue weighted by Crippen LogP contribution is 2.31. The summed E-state index contributed by atoms with van der Waals surface area (Å²) in [6.07, 6.45) is 10.3. The Hall–Kier alpha value is -4.27. The number of alkyl halides is 4. The van der Waals surface area contributed by atoms with Crippen LogP contribution in [0.15, 0.2) is 60.6 Å². The molecule has 3 aromatic heterocycles. The van der Waals surface area contributed by atoms with Crippen LogP contribution in [0.1, 0.15) is 49.8 Å². The first-order valence-corrected chi connectivity index (χ1v) is 16.7. The molecule has 6 rings (SSSR count). The number of nitrogens with zero attached hydrogens (tertiary/aromatic N) is 6. The standard InChI is InChI=1S/C30H34F4N10O2S/c31-10-12-36-23-3-5-24(6-4-23)41-26-13-29(35,38-15-21(26)2-1-20-14-39-43(17-20)19-30(32,33)34)27-9-11-37-28(42-27)22-16-40-44(18-22)47(45,46)25-7-8-25/h9,11,13-18,23-25,36,38,41H,3-8,10,12,19,35H2. The van der Waals surface area contributed by atoms with Gasteiger partial charge in [0, 0.05) is 37.2 Å². The Bertz CT molecular complexity index is 1830. The van der Waals surface area contributed by atoms with E-state index in [1.54, 1.807) is 18.3 Å². The highest BCUT2D eigenvalue weighted by atomic mass is 32.2. The van der Waals surface area contributed by atoms with Gasteiger partial charge in [-0.2, -0.15) is 27.5 Å². The molecule has 17 heteroatoms. The molecule has 47 heavy (non-hydrogen) atoms. The van der Waals surface area contributed by atoms with Gasteiger partial charge in [-0.05, 0) is 50.7 Å². The third-order valence-electron chi connectivity index (χ3n) is 8.15. The fraction of sp³-hybridized carbons (Fsp3) is 0.467. The summed E-state index contributed by atoms with van der Waals surface area (Å²) < 4.78 is 78.0. The van der Waals surface area contributed by atoms with Crippen LogP contribution in [-0.2, 0) is 22.2 Å². The highest BCUT2D eigenvalue weighted by molar-refractivity contribution is 7.90. The molecule has 0 bridgehead atoms. The first-order chi connectivity index (χ1) is 22.4. The fourth-order valence-electron chi connectivity index (χ4n) is 5.55. The molecule has 1 aliphatic heterocycles. The van der Waals surface area contributed by atoms with Crippen LogP contribution in [0, 0.1) is 11.8 Å². The smallest absolute Gasteiger partial charge is 0.381 e. The number of hydrogen-bond acceptors (Lipinski definition) is 10. The van der Waals surface area contributed by atoms with Crippen molar-refractivity contribution in [1.29, 1.82) is 0 Å². The van der Waals surface area contributed by atoms with E-state index in [2.05, 4.69) is 48.0 Å². The second kappa shape index (κ2) is 13.1. The molecule has 250 valence electrons. The second-order valence-corrected chi connectivity index (χ2v) is 13.9. The van der Waals surface area contributed by atoms with Gasteiger partial charge in [-0.3, -0.25) is 4.68 Å². The largest absolute Gasteiger partial charge is 0.408 e. The number of hydrogen-bond donors (Lipinski definition) is 4. The zero-order valence-electron chi connectivity index (χ0n) is 25.2. The minimum atomic E-state index is -4.41. The first kappa shape index (κ1) is 32.7. The number of dihydropyridines is 1. The molecule has 0 radical (unpaired) electrons. The van der Waals surface area contributed by atoms with Crippen LogP contribution in [-0.4, -0.2) is 74.1 Å². The van der Waals surface area contributed by atoms with Crippen molar-refractivity contribution < 1.29 is 26.0 Å². The molecule has 12 nitrogen and oxygen atoms in total. The van der Waals surface area contributed by atoms with Crippen molar-refractivity contribution in [1.82, 2.24) is 44.9 Å². The van der Waals surface area contributed by atoms with Gasteiger partial charge in [0.1, 0.15) is 13.2 Å². The van der Waals surface area contributed by atoms with Gasteiger partial charge < -0.3 is 21.7 Å². The van der Waals surface area contributed by atoms with E-state index in [4.69, 9.17) is 5.73 Å². The summed E-state index contributed by atoms with van der Waals surface area (Å²) in [5, 5.41) is 17.2. The summed E-state index contributed by atoms with van der Waals surface area (Å²) >= 11 is 0. The van der Waals surface area contributed by atoms with Gasteiger partial charge in [0.05, 0.1) is 51.9 Å². The average molecular weight is 675 g/mol. The van der Waals surface area contributed by atoms with Gasteiger partial charge in [0.2, 0.25) is 0 Å². The Morgan fingerprint density at radius 3 is 2.55 bits per heavy atom. The maximum absolute atomic E-state index is 12.8. The summed E-state index contributed by atoms with van der Waals surface area (Å²) in [7, 11) is -3.57. The van der Waals surface area contributed by atoms with E-state index in [1.807, 2.05) is 0 Å². The molecule has 3 aromatic rings.